The average molecular weight is 500 g/mol. The first-order chi connectivity index (χ1) is 17.6. The van der Waals surface area contributed by atoms with Gasteiger partial charge < -0.3 is 5.73 Å². The van der Waals surface area contributed by atoms with Crippen LogP contribution < -0.4 is 5.73 Å². The van der Waals surface area contributed by atoms with E-state index in [-0.39, 0.29) is 0 Å². The summed E-state index contributed by atoms with van der Waals surface area (Å²) in [5.41, 5.74) is 11.1. The maximum absolute atomic E-state index is 11.9. The molecule has 0 spiro atoms. The summed E-state index contributed by atoms with van der Waals surface area (Å²) in [6.45, 7) is 1.75. The smallest absolute Gasteiger partial charge is 0.150 e. The van der Waals surface area contributed by atoms with Crippen LogP contribution in [0.1, 0.15) is 36.7 Å². The number of thiol groups is 1. The van der Waals surface area contributed by atoms with Gasteiger partial charge in [-0.15, -0.1) is 4.31 Å². The summed E-state index contributed by atoms with van der Waals surface area (Å²) in [6, 6.07) is 10.6. The van der Waals surface area contributed by atoms with Crippen LogP contribution in [-0.2, 0) is 21.6 Å². The number of allylic oxidation sites excluding steroid dienone is 4. The monoisotopic (exact) mass is 499 g/mol. The molecule has 6 rings (SSSR count). The summed E-state index contributed by atoms with van der Waals surface area (Å²) in [6.07, 6.45) is 17.9. The molecule has 2 atom stereocenters. The van der Waals surface area contributed by atoms with E-state index in [1.54, 1.807) is 12.5 Å². The summed E-state index contributed by atoms with van der Waals surface area (Å²) >= 11 is 0. The van der Waals surface area contributed by atoms with Crippen LogP contribution in [0.4, 0.5) is 5.82 Å². The number of imidazole rings is 1. The third kappa shape index (κ3) is 4.35. The molecule has 2 unspecified atom stereocenters. The second kappa shape index (κ2) is 9.59. The number of piperidine rings is 1. The van der Waals surface area contributed by atoms with Crippen LogP contribution in [0.2, 0.25) is 0 Å². The quantitative estimate of drug-likeness (QED) is 0.320. The highest BCUT2D eigenvalue weighted by Gasteiger charge is 2.26. The number of fused-ring (bicyclic) bond motifs is 2. The third-order valence-corrected chi connectivity index (χ3v) is 8.66. The first-order valence-electron chi connectivity index (χ1n) is 12.6. The minimum absolute atomic E-state index is 0.306. The second-order valence-electron chi connectivity index (χ2n) is 9.77. The SMILES string of the molecule is C[SH+](=O)N1CCC(Cc2nc(-c3ccc4ccc(C5C=CC=CC5)nc4c3)c3c(N)nccn23)CC1. The van der Waals surface area contributed by atoms with Gasteiger partial charge in [0.15, 0.2) is 0 Å². The van der Waals surface area contributed by atoms with Gasteiger partial charge in [0.1, 0.15) is 40.1 Å². The highest BCUT2D eigenvalue weighted by atomic mass is 32.2. The molecule has 7 nitrogen and oxygen atoms in total. The highest BCUT2D eigenvalue weighted by Crippen LogP contribution is 2.33. The van der Waals surface area contributed by atoms with Crippen LogP contribution in [0.15, 0.2) is 67.0 Å². The largest absolute Gasteiger partial charge is 0.382 e. The summed E-state index contributed by atoms with van der Waals surface area (Å²) < 4.78 is 16.0. The van der Waals surface area contributed by atoms with E-state index in [0.29, 0.717) is 17.7 Å². The van der Waals surface area contributed by atoms with Gasteiger partial charge in [0.2, 0.25) is 0 Å². The Kier molecular flexibility index (Phi) is 6.15. The Morgan fingerprint density at radius 1 is 1.11 bits per heavy atom. The van der Waals surface area contributed by atoms with Crippen LogP contribution in [0, 0.1) is 5.92 Å². The molecule has 184 valence electrons. The molecule has 0 saturated carbocycles. The van der Waals surface area contributed by atoms with Gasteiger partial charge in [-0.2, -0.15) is 0 Å². The number of nitrogens with zero attached hydrogens (tertiary/aromatic N) is 5. The van der Waals surface area contributed by atoms with Crippen LogP contribution in [-0.4, -0.2) is 43.0 Å². The zero-order valence-electron chi connectivity index (χ0n) is 20.4. The Bertz CT molecular complexity index is 1520. The Balaban J connectivity index is 1.36. The van der Waals surface area contributed by atoms with Crippen molar-refractivity contribution in [2.24, 2.45) is 5.92 Å². The summed E-state index contributed by atoms with van der Waals surface area (Å²) in [4.78, 5) is 14.5. The summed E-state index contributed by atoms with van der Waals surface area (Å²) in [5, 5.41) is 1.11. The fourth-order valence-electron chi connectivity index (χ4n) is 5.42. The average Bonchev–Trinajstić information content (AvgIpc) is 3.28. The van der Waals surface area contributed by atoms with E-state index in [4.69, 9.17) is 15.7 Å². The van der Waals surface area contributed by atoms with Crippen molar-refractivity contribution in [3.63, 3.8) is 0 Å². The first kappa shape index (κ1) is 23.1. The molecule has 1 aliphatic carbocycles. The molecule has 1 saturated heterocycles. The van der Waals surface area contributed by atoms with Crippen LogP contribution in [0.5, 0.6) is 0 Å². The normalized spacial score (nSPS) is 19.9. The van der Waals surface area contributed by atoms with Gasteiger partial charge in [-0.25, -0.2) is 9.97 Å². The molecule has 3 aromatic heterocycles. The van der Waals surface area contributed by atoms with Crippen LogP contribution in [0.3, 0.4) is 0 Å². The van der Waals surface area contributed by atoms with Gasteiger partial charge in [-0.05, 0) is 37.3 Å². The molecule has 36 heavy (non-hydrogen) atoms. The second-order valence-corrected chi connectivity index (χ2v) is 11.3. The molecule has 4 heterocycles. The molecule has 0 amide bonds. The zero-order chi connectivity index (χ0) is 24.6. The lowest BCUT2D eigenvalue weighted by molar-refractivity contribution is 0.278. The van der Waals surface area contributed by atoms with Gasteiger partial charge in [0.25, 0.3) is 0 Å². The van der Waals surface area contributed by atoms with E-state index in [9.17, 15) is 4.21 Å². The van der Waals surface area contributed by atoms with Crippen molar-refractivity contribution in [2.75, 3.05) is 25.1 Å². The number of nitrogen functional groups attached to an aromatic ring is 1. The molecule has 1 fully saturated rings. The minimum Gasteiger partial charge on any atom is -0.382 e. The summed E-state index contributed by atoms with van der Waals surface area (Å²) in [7, 11) is -1.25. The topological polar surface area (TPSA) is 89.4 Å². The van der Waals surface area contributed by atoms with E-state index < -0.39 is 11.0 Å². The number of aromatic nitrogens is 4. The van der Waals surface area contributed by atoms with Crippen molar-refractivity contribution in [1.82, 2.24) is 23.7 Å². The lowest BCUT2D eigenvalue weighted by Gasteiger charge is -2.26. The lowest BCUT2D eigenvalue weighted by Crippen LogP contribution is -2.35. The lowest BCUT2D eigenvalue weighted by atomic mass is 9.94. The number of benzene rings is 1. The van der Waals surface area contributed by atoms with Gasteiger partial charge in [-0.3, -0.25) is 9.38 Å². The number of anilines is 1. The van der Waals surface area contributed by atoms with E-state index in [1.165, 1.54) is 0 Å². The predicted molar refractivity (Wildman–Crippen MR) is 147 cm³/mol. The van der Waals surface area contributed by atoms with Crippen molar-refractivity contribution in [1.29, 1.82) is 0 Å². The molecule has 1 aliphatic heterocycles. The number of pyridine rings is 1. The number of hydrogen-bond donors (Lipinski definition) is 1. The molecule has 2 N–H and O–H groups in total. The first-order valence-corrected chi connectivity index (χ1v) is 14.2. The van der Waals surface area contributed by atoms with Gasteiger partial charge in [0.05, 0.1) is 5.52 Å². The molecule has 1 aromatic carbocycles. The van der Waals surface area contributed by atoms with Gasteiger partial charge in [0, 0.05) is 54.5 Å². The molecular weight excluding hydrogens is 468 g/mol. The number of hydrogen-bond acceptors (Lipinski definition) is 5. The van der Waals surface area contributed by atoms with E-state index in [2.05, 4.69) is 68.3 Å². The predicted octanol–water partition coefficient (Wildman–Crippen LogP) is 4.62. The van der Waals surface area contributed by atoms with Crippen molar-refractivity contribution in [3.05, 3.63) is 78.5 Å². The van der Waals surface area contributed by atoms with Crippen molar-refractivity contribution < 1.29 is 4.21 Å². The molecule has 4 aromatic rings. The van der Waals surface area contributed by atoms with Crippen LogP contribution >= 0.6 is 0 Å². The molecule has 0 radical (unpaired) electrons. The van der Waals surface area contributed by atoms with E-state index in [1.807, 2.05) is 6.20 Å². The van der Waals surface area contributed by atoms with Gasteiger partial charge in [-0.1, -0.05) is 46.7 Å². The van der Waals surface area contributed by atoms with Crippen molar-refractivity contribution in [2.45, 2.75) is 31.6 Å². The fourth-order valence-corrected chi connectivity index (χ4v) is 6.22. The maximum atomic E-state index is 11.9. The fraction of sp³-hybridized carbons (Fsp3) is 0.321. The zero-order valence-corrected chi connectivity index (χ0v) is 21.3. The molecule has 2 aliphatic rings. The number of nitrogens with two attached hydrogens (primary N) is 1. The Labute approximate surface area is 213 Å². The Morgan fingerprint density at radius 3 is 2.72 bits per heavy atom. The van der Waals surface area contributed by atoms with E-state index >= 15 is 0 Å². The molecule has 8 heteroatoms. The molecular formula is C28H31N6OS+. The third-order valence-electron chi connectivity index (χ3n) is 7.46. The van der Waals surface area contributed by atoms with Crippen LogP contribution in [0.25, 0.3) is 27.7 Å². The standard InChI is InChI=1S/C28H30N6OS/c1-36(35)33-14-11-19(12-15-33)17-25-32-26(27-28(29)30-13-16-34(25)27)22-8-7-21-9-10-23(31-24(21)18-22)20-5-3-2-4-6-20/h2-5,7-10,13,16,18-20H,6,11-12,14-15,17H2,1H3,(H2,29,30)/p+1. The summed E-state index contributed by atoms with van der Waals surface area (Å²) in [5.74, 6) is 2.28. The van der Waals surface area contributed by atoms with Crippen molar-refractivity contribution in [3.8, 4) is 11.3 Å². The van der Waals surface area contributed by atoms with E-state index in [0.717, 1.165) is 78.0 Å². The Hall–Kier alpha value is -3.36. The number of rotatable bonds is 5. The Morgan fingerprint density at radius 2 is 1.94 bits per heavy atom. The highest BCUT2D eigenvalue weighted by molar-refractivity contribution is 7.81. The maximum Gasteiger partial charge on any atom is 0.150 e. The molecule has 0 bridgehead atoms. The van der Waals surface area contributed by atoms with Crippen molar-refractivity contribution >= 4 is 33.2 Å². The van der Waals surface area contributed by atoms with Gasteiger partial charge >= 0.3 is 0 Å². The minimum atomic E-state index is -1.25.